The zero-order valence-corrected chi connectivity index (χ0v) is 13.4. The molecule has 0 unspecified atom stereocenters. The lowest BCUT2D eigenvalue weighted by atomic mass is 10.1. The minimum atomic E-state index is 0.442. The Morgan fingerprint density at radius 3 is 2.39 bits per heavy atom. The van der Waals surface area contributed by atoms with Gasteiger partial charge in [0.25, 0.3) is 0 Å². The molecule has 0 bridgehead atoms. The molecule has 1 aliphatic rings. The van der Waals surface area contributed by atoms with E-state index in [1.807, 2.05) is 41.4 Å². The maximum absolute atomic E-state index is 5.19. The van der Waals surface area contributed by atoms with E-state index in [0.29, 0.717) is 6.61 Å². The maximum Gasteiger partial charge on any atom is 0.118 e. The van der Waals surface area contributed by atoms with Gasteiger partial charge in [-0.3, -0.25) is 5.01 Å². The smallest absolute Gasteiger partial charge is 0.118 e. The fourth-order valence-electron chi connectivity index (χ4n) is 2.52. The summed E-state index contributed by atoms with van der Waals surface area (Å²) < 4.78 is 5.19. The lowest BCUT2D eigenvalue weighted by Gasteiger charge is -2.13. The number of ether oxygens (including phenoxy) is 1. The van der Waals surface area contributed by atoms with Crippen LogP contribution in [0.15, 0.2) is 53.6 Å². The predicted molar refractivity (Wildman–Crippen MR) is 89.7 cm³/mol. The van der Waals surface area contributed by atoms with Crippen LogP contribution in [0.1, 0.15) is 17.5 Å². The first kappa shape index (κ1) is 15.5. The lowest BCUT2D eigenvalue weighted by molar-refractivity contribution is -0.282. The minimum absolute atomic E-state index is 0.442. The third kappa shape index (κ3) is 3.70. The van der Waals surface area contributed by atoms with Gasteiger partial charge < -0.3 is 4.74 Å². The normalized spacial score (nSPS) is 14.0. The lowest BCUT2D eigenvalue weighted by Crippen LogP contribution is -2.11. The molecule has 0 amide bonds. The topological polar surface area (TPSA) is 43.3 Å². The molecule has 0 N–H and O–H groups in total. The highest BCUT2D eigenvalue weighted by Gasteiger charge is 2.17. The molecule has 0 spiro atoms. The van der Waals surface area contributed by atoms with Crippen LogP contribution in [0.3, 0.4) is 0 Å². The van der Waals surface area contributed by atoms with Crippen LogP contribution < -0.4 is 9.75 Å². The maximum atomic E-state index is 5.19. The summed E-state index contributed by atoms with van der Waals surface area (Å²) in [6, 6.07) is 16.2. The molecule has 0 radical (unpaired) electrons. The Morgan fingerprint density at radius 2 is 1.74 bits per heavy atom. The van der Waals surface area contributed by atoms with E-state index in [-0.39, 0.29) is 0 Å². The molecule has 0 aliphatic carbocycles. The molecule has 120 valence electrons. The van der Waals surface area contributed by atoms with Crippen molar-refractivity contribution in [1.29, 1.82) is 0 Å². The van der Waals surface area contributed by atoms with Crippen LogP contribution >= 0.6 is 0 Å². The highest BCUT2D eigenvalue weighted by molar-refractivity contribution is 6.02. The first-order chi connectivity index (χ1) is 11.3. The third-order valence-electron chi connectivity index (χ3n) is 3.80. The molecular formula is C18H20N2O3. The number of anilines is 1. The number of hydrazone groups is 1. The van der Waals surface area contributed by atoms with Crippen LogP contribution in [-0.4, -0.2) is 26.5 Å². The molecular weight excluding hydrogens is 292 g/mol. The molecule has 2 aromatic rings. The van der Waals surface area contributed by atoms with Crippen LogP contribution in [0.2, 0.25) is 0 Å². The Labute approximate surface area is 136 Å². The molecule has 23 heavy (non-hydrogen) atoms. The summed E-state index contributed by atoms with van der Waals surface area (Å²) in [5.41, 5.74) is 4.38. The first-order valence-electron chi connectivity index (χ1n) is 7.54. The van der Waals surface area contributed by atoms with E-state index in [1.54, 1.807) is 7.11 Å². The van der Waals surface area contributed by atoms with Gasteiger partial charge in [-0.1, -0.05) is 12.1 Å². The highest BCUT2D eigenvalue weighted by Crippen LogP contribution is 2.23. The summed E-state index contributed by atoms with van der Waals surface area (Å²) in [5.74, 6) is 0.859. The molecule has 3 rings (SSSR count). The van der Waals surface area contributed by atoms with E-state index < -0.39 is 0 Å². The van der Waals surface area contributed by atoms with E-state index in [0.717, 1.165) is 41.2 Å². The van der Waals surface area contributed by atoms with Gasteiger partial charge in [0.2, 0.25) is 0 Å². The summed E-state index contributed by atoms with van der Waals surface area (Å²) in [6.45, 7) is 1.33. The number of benzene rings is 2. The summed E-state index contributed by atoms with van der Waals surface area (Å²) in [6.07, 6.45) is 0.931. The highest BCUT2D eigenvalue weighted by atomic mass is 17.2. The quantitative estimate of drug-likeness (QED) is 0.606. The fraction of sp³-hybridized carbons (Fsp3) is 0.278. The molecule has 0 aromatic heterocycles. The van der Waals surface area contributed by atoms with Crippen molar-refractivity contribution < 1.29 is 14.5 Å². The van der Waals surface area contributed by atoms with E-state index in [9.17, 15) is 0 Å². The average molecular weight is 312 g/mol. The molecule has 1 heterocycles. The van der Waals surface area contributed by atoms with Crippen molar-refractivity contribution >= 4 is 11.4 Å². The fourth-order valence-corrected chi connectivity index (χ4v) is 2.52. The second-order valence-electron chi connectivity index (χ2n) is 5.24. The van der Waals surface area contributed by atoms with Crippen molar-refractivity contribution in [3.63, 3.8) is 0 Å². The first-order valence-corrected chi connectivity index (χ1v) is 7.54. The van der Waals surface area contributed by atoms with Gasteiger partial charge in [0.1, 0.15) is 12.4 Å². The minimum Gasteiger partial charge on any atom is -0.497 e. The molecule has 0 saturated carbocycles. The number of hydrogen-bond acceptors (Lipinski definition) is 5. The number of methoxy groups -OCH3 is 1. The molecule has 0 saturated heterocycles. The van der Waals surface area contributed by atoms with Gasteiger partial charge >= 0.3 is 0 Å². The molecule has 5 heteroatoms. The SMILES string of the molecule is COOCc1ccc(N2CCC(c3ccc(OC)cc3)=N2)cc1. The van der Waals surface area contributed by atoms with Crippen molar-refractivity contribution in [3.05, 3.63) is 59.7 Å². The van der Waals surface area contributed by atoms with Crippen LogP contribution in [0.4, 0.5) is 5.69 Å². The summed E-state index contributed by atoms with van der Waals surface area (Å²) in [4.78, 5) is 9.54. The van der Waals surface area contributed by atoms with Crippen molar-refractivity contribution in [2.24, 2.45) is 5.10 Å². The van der Waals surface area contributed by atoms with Crippen LogP contribution in [0.5, 0.6) is 5.75 Å². The Hall–Kier alpha value is -2.37. The third-order valence-corrected chi connectivity index (χ3v) is 3.80. The Bertz CT molecular complexity index is 666. The second kappa shape index (κ2) is 7.26. The van der Waals surface area contributed by atoms with Crippen molar-refractivity contribution in [2.75, 3.05) is 25.8 Å². The Kier molecular flexibility index (Phi) is 4.90. The monoisotopic (exact) mass is 312 g/mol. The summed E-state index contributed by atoms with van der Waals surface area (Å²) in [7, 11) is 3.18. The van der Waals surface area contributed by atoms with Crippen LogP contribution in [-0.2, 0) is 16.4 Å². The summed E-state index contributed by atoms with van der Waals surface area (Å²) in [5, 5.41) is 6.76. The largest absolute Gasteiger partial charge is 0.497 e. The molecule has 0 atom stereocenters. The molecule has 2 aromatic carbocycles. The standard InChI is InChI=1S/C18H20N2O3/c1-21-17-9-5-15(6-10-17)18-11-12-20(19-18)16-7-3-14(4-8-16)13-23-22-2/h3-10H,11-13H2,1-2H3. The van der Waals surface area contributed by atoms with Gasteiger partial charge in [0.05, 0.1) is 25.6 Å². The summed E-state index contributed by atoms with van der Waals surface area (Å²) >= 11 is 0. The van der Waals surface area contributed by atoms with Gasteiger partial charge in [0, 0.05) is 13.0 Å². The molecule has 5 nitrogen and oxygen atoms in total. The Morgan fingerprint density at radius 1 is 1.00 bits per heavy atom. The van der Waals surface area contributed by atoms with E-state index in [1.165, 1.54) is 7.11 Å². The van der Waals surface area contributed by atoms with E-state index >= 15 is 0 Å². The van der Waals surface area contributed by atoms with Crippen LogP contribution in [0, 0.1) is 0 Å². The second-order valence-corrected chi connectivity index (χ2v) is 5.24. The van der Waals surface area contributed by atoms with Gasteiger partial charge in [0.15, 0.2) is 0 Å². The molecule has 0 fully saturated rings. The van der Waals surface area contributed by atoms with Crippen molar-refractivity contribution in [2.45, 2.75) is 13.0 Å². The Balaban J connectivity index is 1.70. The van der Waals surface area contributed by atoms with Gasteiger partial charge in [-0.05, 0) is 47.5 Å². The van der Waals surface area contributed by atoms with Crippen molar-refractivity contribution in [1.82, 2.24) is 0 Å². The van der Waals surface area contributed by atoms with Crippen molar-refractivity contribution in [3.8, 4) is 5.75 Å². The number of hydrogen-bond donors (Lipinski definition) is 0. The van der Waals surface area contributed by atoms with Crippen LogP contribution in [0.25, 0.3) is 0 Å². The van der Waals surface area contributed by atoms with E-state index in [2.05, 4.69) is 17.0 Å². The average Bonchev–Trinajstić information content (AvgIpc) is 3.10. The van der Waals surface area contributed by atoms with Gasteiger partial charge in [-0.25, -0.2) is 9.78 Å². The van der Waals surface area contributed by atoms with E-state index in [4.69, 9.17) is 14.7 Å². The van der Waals surface area contributed by atoms with Gasteiger partial charge in [-0.2, -0.15) is 5.10 Å². The number of nitrogens with zero attached hydrogens (tertiary/aromatic N) is 2. The van der Waals surface area contributed by atoms with Gasteiger partial charge in [-0.15, -0.1) is 0 Å². The zero-order valence-electron chi connectivity index (χ0n) is 13.4. The number of rotatable bonds is 6. The zero-order chi connectivity index (χ0) is 16.1. The molecule has 1 aliphatic heterocycles. The predicted octanol–water partition coefficient (Wildman–Crippen LogP) is 3.39.